The van der Waals surface area contributed by atoms with Gasteiger partial charge in [0.2, 0.25) is 0 Å². The Morgan fingerprint density at radius 1 is 0.407 bits per heavy atom. The van der Waals surface area contributed by atoms with Gasteiger partial charge in [-0.25, -0.2) is 0 Å². The van der Waals surface area contributed by atoms with E-state index >= 15 is 0 Å². The maximum atomic E-state index is 4.11. The van der Waals surface area contributed by atoms with Crippen LogP contribution in [0.1, 0.15) is 162 Å². The van der Waals surface area contributed by atoms with E-state index in [1.807, 2.05) is 0 Å². The molecule has 27 heavy (non-hydrogen) atoms. The van der Waals surface area contributed by atoms with E-state index < -0.39 is 0 Å². The molecule has 0 bridgehead atoms. The summed E-state index contributed by atoms with van der Waals surface area (Å²) in [5.74, 6) is 0.973. The Hall–Kier alpha value is 0. The molecule has 0 amide bonds. The van der Waals surface area contributed by atoms with Crippen molar-refractivity contribution < 1.29 is 0 Å². The highest BCUT2D eigenvalue weighted by Crippen LogP contribution is 2.23. The second-order valence-corrected chi connectivity index (χ2v) is 9.10. The summed E-state index contributed by atoms with van der Waals surface area (Å²) >= 11 is 0. The van der Waals surface area contributed by atoms with E-state index in [2.05, 4.69) is 20.8 Å². The summed E-state index contributed by atoms with van der Waals surface area (Å²) in [6.45, 7) is 8.72. The molecule has 0 aliphatic carbocycles. The van der Waals surface area contributed by atoms with Gasteiger partial charge in [0.05, 0.1) is 0 Å². The Morgan fingerprint density at radius 2 is 0.704 bits per heavy atom. The van der Waals surface area contributed by atoms with Crippen LogP contribution in [0.4, 0.5) is 0 Å². The summed E-state index contributed by atoms with van der Waals surface area (Å²) in [5, 5.41) is 0. The minimum absolute atomic E-state index is 0.973. The van der Waals surface area contributed by atoms with Gasteiger partial charge in [0.25, 0.3) is 0 Å². The highest BCUT2D eigenvalue weighted by Gasteiger charge is 2.07. The largest absolute Gasteiger partial charge is 0.0654 e. The summed E-state index contributed by atoms with van der Waals surface area (Å²) < 4.78 is 0. The number of hydrogen-bond donors (Lipinski definition) is 0. The topological polar surface area (TPSA) is 0 Å². The van der Waals surface area contributed by atoms with Crippen LogP contribution in [0.15, 0.2) is 0 Å². The van der Waals surface area contributed by atoms with Crippen molar-refractivity contribution in [2.24, 2.45) is 5.92 Å². The third-order valence-electron chi connectivity index (χ3n) is 6.29. The summed E-state index contributed by atoms with van der Waals surface area (Å²) in [7, 11) is 0. The molecule has 0 saturated heterocycles. The highest BCUT2D eigenvalue weighted by molar-refractivity contribution is 4.62. The van der Waals surface area contributed by atoms with Gasteiger partial charge in [0.1, 0.15) is 0 Å². The molecule has 0 aromatic carbocycles. The van der Waals surface area contributed by atoms with Crippen LogP contribution in [-0.2, 0) is 0 Å². The van der Waals surface area contributed by atoms with Gasteiger partial charge < -0.3 is 0 Å². The van der Waals surface area contributed by atoms with Crippen molar-refractivity contribution in [2.45, 2.75) is 162 Å². The maximum Gasteiger partial charge on any atom is -0.0414 e. The lowest BCUT2D eigenvalue weighted by molar-refractivity contribution is 0.382. The van der Waals surface area contributed by atoms with Crippen molar-refractivity contribution in [3.8, 4) is 0 Å². The molecule has 0 heterocycles. The van der Waals surface area contributed by atoms with Gasteiger partial charge in [0.15, 0.2) is 0 Å². The fourth-order valence-corrected chi connectivity index (χ4v) is 4.39. The number of hydrogen-bond acceptors (Lipinski definition) is 0. The van der Waals surface area contributed by atoms with Crippen molar-refractivity contribution in [3.05, 3.63) is 6.92 Å². The molecular formula is C27H55. The molecule has 0 heteroatoms. The van der Waals surface area contributed by atoms with Crippen LogP contribution in [0, 0.1) is 12.8 Å². The Morgan fingerprint density at radius 3 is 1.00 bits per heavy atom. The van der Waals surface area contributed by atoms with E-state index in [-0.39, 0.29) is 0 Å². The molecule has 1 atom stereocenters. The third kappa shape index (κ3) is 22.2. The van der Waals surface area contributed by atoms with Crippen molar-refractivity contribution in [3.63, 3.8) is 0 Å². The molecule has 0 aliphatic rings. The molecule has 0 aliphatic heterocycles. The van der Waals surface area contributed by atoms with Gasteiger partial charge in [-0.1, -0.05) is 168 Å². The van der Waals surface area contributed by atoms with E-state index in [0.29, 0.717) is 0 Å². The van der Waals surface area contributed by atoms with Crippen molar-refractivity contribution in [1.29, 1.82) is 0 Å². The molecule has 0 nitrogen and oxygen atoms in total. The summed E-state index contributed by atoms with van der Waals surface area (Å²) in [6.07, 6.45) is 33.1. The van der Waals surface area contributed by atoms with Crippen LogP contribution < -0.4 is 0 Å². The van der Waals surface area contributed by atoms with E-state index in [1.54, 1.807) is 0 Å². The Balaban J connectivity index is 3.38. The molecule has 0 fully saturated rings. The smallest absolute Gasteiger partial charge is 0.0414 e. The second kappa shape index (κ2) is 24.0. The Labute approximate surface area is 174 Å². The zero-order valence-electron chi connectivity index (χ0n) is 19.5. The molecule has 0 saturated carbocycles. The minimum Gasteiger partial charge on any atom is -0.0654 e. The third-order valence-corrected chi connectivity index (χ3v) is 6.29. The van der Waals surface area contributed by atoms with Crippen molar-refractivity contribution in [1.82, 2.24) is 0 Å². The predicted molar refractivity (Wildman–Crippen MR) is 126 cm³/mol. The van der Waals surface area contributed by atoms with Gasteiger partial charge >= 0.3 is 0 Å². The monoisotopic (exact) mass is 379 g/mol. The lowest BCUT2D eigenvalue weighted by atomic mass is 9.90. The number of unbranched alkanes of at least 4 members (excludes halogenated alkanes) is 17. The molecule has 163 valence electrons. The fraction of sp³-hybridized carbons (Fsp3) is 0.963. The van der Waals surface area contributed by atoms with E-state index in [1.165, 1.54) is 141 Å². The summed E-state index contributed by atoms with van der Waals surface area (Å²) in [4.78, 5) is 0. The zero-order valence-corrected chi connectivity index (χ0v) is 19.5. The summed E-state index contributed by atoms with van der Waals surface area (Å²) in [6, 6.07) is 0. The van der Waals surface area contributed by atoms with Gasteiger partial charge in [-0.15, -0.1) is 0 Å². The average Bonchev–Trinajstić information content (AvgIpc) is 2.68. The predicted octanol–water partition coefficient (Wildman–Crippen LogP) is 10.4. The normalized spacial score (nSPS) is 12.6. The van der Waals surface area contributed by atoms with Crippen LogP contribution in [0.3, 0.4) is 0 Å². The molecule has 0 spiro atoms. The van der Waals surface area contributed by atoms with Crippen LogP contribution in [-0.4, -0.2) is 0 Å². The molecule has 0 N–H and O–H groups in total. The van der Waals surface area contributed by atoms with Crippen LogP contribution in [0.5, 0.6) is 0 Å². The SMILES string of the molecule is [CH2]CCC(CCCCCCCCC)CCCCCCCCCCCCCC. The first-order valence-electron chi connectivity index (χ1n) is 13.1. The standard InChI is InChI=1S/C27H55/c1-4-7-9-11-13-14-15-16-17-19-21-23-26-27(24-6-3)25-22-20-18-12-10-8-5-2/h27H,3-26H2,1-2H3. The maximum absolute atomic E-state index is 4.11. The Kier molecular flexibility index (Phi) is 24.0. The molecule has 0 aromatic rings. The van der Waals surface area contributed by atoms with Crippen molar-refractivity contribution in [2.75, 3.05) is 0 Å². The van der Waals surface area contributed by atoms with Gasteiger partial charge in [-0.2, -0.15) is 0 Å². The van der Waals surface area contributed by atoms with Crippen LogP contribution in [0.2, 0.25) is 0 Å². The molecule has 1 unspecified atom stereocenters. The fourth-order valence-electron chi connectivity index (χ4n) is 4.39. The highest BCUT2D eigenvalue weighted by atomic mass is 14.1. The van der Waals surface area contributed by atoms with Crippen LogP contribution in [0.25, 0.3) is 0 Å². The van der Waals surface area contributed by atoms with Crippen molar-refractivity contribution >= 4 is 0 Å². The first-order chi connectivity index (χ1) is 13.3. The van der Waals surface area contributed by atoms with Crippen LogP contribution >= 0.6 is 0 Å². The minimum atomic E-state index is 0.973. The van der Waals surface area contributed by atoms with Gasteiger partial charge in [-0.05, 0) is 5.92 Å². The van der Waals surface area contributed by atoms with E-state index in [0.717, 1.165) is 12.3 Å². The molecule has 0 rings (SSSR count). The summed E-state index contributed by atoms with van der Waals surface area (Å²) in [5.41, 5.74) is 0. The average molecular weight is 380 g/mol. The molecular weight excluding hydrogens is 324 g/mol. The molecule has 1 radical (unpaired) electrons. The zero-order chi connectivity index (χ0) is 19.8. The first kappa shape index (κ1) is 27.0. The lowest BCUT2D eigenvalue weighted by Crippen LogP contribution is -2.00. The second-order valence-electron chi connectivity index (χ2n) is 9.10. The lowest BCUT2D eigenvalue weighted by Gasteiger charge is -2.16. The quantitative estimate of drug-likeness (QED) is 0.155. The first-order valence-corrected chi connectivity index (χ1v) is 13.1. The molecule has 0 aromatic heterocycles. The van der Waals surface area contributed by atoms with E-state index in [9.17, 15) is 0 Å². The number of rotatable bonds is 23. The van der Waals surface area contributed by atoms with Gasteiger partial charge in [-0.3, -0.25) is 0 Å². The van der Waals surface area contributed by atoms with Gasteiger partial charge in [0, 0.05) is 0 Å². The Bertz CT molecular complexity index is 244. The van der Waals surface area contributed by atoms with E-state index in [4.69, 9.17) is 0 Å².